The topological polar surface area (TPSA) is 92.7 Å². The van der Waals surface area contributed by atoms with Gasteiger partial charge in [0.15, 0.2) is 6.10 Å². The quantitative estimate of drug-likeness (QED) is 0.399. The van der Waals surface area contributed by atoms with Crippen LogP contribution in [-0.4, -0.2) is 41.8 Å². The lowest BCUT2D eigenvalue weighted by Gasteiger charge is -2.12. The molecule has 2 aromatic rings. The first-order chi connectivity index (χ1) is 16.2. The van der Waals surface area contributed by atoms with Crippen molar-refractivity contribution in [2.75, 3.05) is 13.1 Å². The molecular weight excluding hydrogens is 550 g/mol. The smallest absolute Gasteiger partial charge is 0.385 e. The van der Waals surface area contributed by atoms with Gasteiger partial charge in [-0.3, -0.25) is 9.59 Å². The Morgan fingerprint density at radius 1 is 1.11 bits per heavy atom. The maximum Gasteiger partial charge on any atom is 0.416 e. The van der Waals surface area contributed by atoms with Gasteiger partial charge in [-0.2, -0.15) is 26.3 Å². The van der Waals surface area contributed by atoms with Crippen molar-refractivity contribution in [2.45, 2.75) is 31.8 Å². The molecule has 2 heterocycles. The zero-order chi connectivity index (χ0) is 26.0. The summed E-state index contributed by atoms with van der Waals surface area (Å²) in [5.74, 6) is -1.67. The highest BCUT2D eigenvalue weighted by atomic mass is 79.9. The zero-order valence-corrected chi connectivity index (χ0v) is 19.4. The number of aryl methyl sites for hydroxylation is 1. The molecule has 1 aliphatic heterocycles. The van der Waals surface area contributed by atoms with Gasteiger partial charge in [-0.25, -0.2) is 4.98 Å². The standard InChI is InChI=1S/C21H17BrF6N4O3/c1-10-4-11(2-3-13(10)19(34)29-8-18(33)30-9-20(23,24)25)14-7-16(35-32-14)15-5-12(21(26,27)28)6-17(22)31-15/h2-6,16H,7-9H2,1H3,(H,29,34)(H,30,33). The number of hydrogen-bond donors (Lipinski definition) is 2. The number of nitrogens with one attached hydrogen (secondary N) is 2. The van der Waals surface area contributed by atoms with Gasteiger partial charge in [0.25, 0.3) is 5.91 Å². The number of rotatable bonds is 6. The van der Waals surface area contributed by atoms with E-state index >= 15 is 0 Å². The van der Waals surface area contributed by atoms with Crippen LogP contribution >= 0.6 is 15.9 Å². The second-order valence-electron chi connectivity index (χ2n) is 7.54. The normalized spacial score (nSPS) is 15.9. The van der Waals surface area contributed by atoms with E-state index in [1.807, 2.05) is 0 Å². The summed E-state index contributed by atoms with van der Waals surface area (Å²) in [6, 6.07) is 6.30. The number of aromatic nitrogens is 1. The average molecular weight is 567 g/mol. The van der Waals surface area contributed by atoms with Crippen LogP contribution in [0.3, 0.4) is 0 Å². The predicted octanol–water partition coefficient (Wildman–Crippen LogP) is 4.45. The number of benzene rings is 1. The van der Waals surface area contributed by atoms with E-state index < -0.39 is 48.9 Å². The number of amides is 2. The highest BCUT2D eigenvalue weighted by molar-refractivity contribution is 9.10. The molecule has 1 aromatic carbocycles. The molecule has 3 rings (SSSR count). The second-order valence-corrected chi connectivity index (χ2v) is 8.35. The van der Waals surface area contributed by atoms with E-state index in [1.165, 1.54) is 12.1 Å². The second kappa shape index (κ2) is 10.2. The number of hydrogen-bond acceptors (Lipinski definition) is 5. The summed E-state index contributed by atoms with van der Waals surface area (Å²) in [4.78, 5) is 33.1. The Labute approximate surface area is 203 Å². The number of alkyl halides is 6. The minimum absolute atomic E-state index is 0.00216. The van der Waals surface area contributed by atoms with Gasteiger partial charge in [0, 0.05) is 12.0 Å². The molecule has 0 bridgehead atoms. The molecule has 188 valence electrons. The molecule has 0 aliphatic carbocycles. The lowest BCUT2D eigenvalue weighted by Crippen LogP contribution is -2.41. The fourth-order valence-electron chi connectivity index (χ4n) is 3.17. The number of carbonyl (C=O) groups excluding carboxylic acids is 2. The molecular formula is C21H17BrF6N4O3. The third-order valence-corrected chi connectivity index (χ3v) is 5.25. The Morgan fingerprint density at radius 3 is 2.46 bits per heavy atom. The first-order valence-corrected chi connectivity index (χ1v) is 10.7. The number of halogens is 7. The van der Waals surface area contributed by atoms with Gasteiger partial charge in [-0.1, -0.05) is 11.2 Å². The van der Waals surface area contributed by atoms with Crippen molar-refractivity contribution in [3.8, 4) is 0 Å². The van der Waals surface area contributed by atoms with E-state index in [2.05, 4.69) is 31.4 Å². The minimum atomic E-state index is -4.56. The zero-order valence-electron chi connectivity index (χ0n) is 17.9. The number of oxime groups is 1. The monoisotopic (exact) mass is 566 g/mol. The Kier molecular flexibility index (Phi) is 7.72. The molecule has 1 aromatic heterocycles. The van der Waals surface area contributed by atoms with Gasteiger partial charge in [-0.05, 0) is 58.2 Å². The Balaban J connectivity index is 1.64. The van der Waals surface area contributed by atoms with Crippen LogP contribution in [0.25, 0.3) is 0 Å². The van der Waals surface area contributed by atoms with Gasteiger partial charge in [0.2, 0.25) is 5.91 Å². The molecule has 0 fully saturated rings. The van der Waals surface area contributed by atoms with E-state index in [1.54, 1.807) is 18.3 Å². The highest BCUT2D eigenvalue weighted by Crippen LogP contribution is 2.35. The van der Waals surface area contributed by atoms with Crippen molar-refractivity contribution in [3.05, 3.63) is 62.9 Å². The molecule has 35 heavy (non-hydrogen) atoms. The average Bonchev–Trinajstić information content (AvgIpc) is 3.25. The summed E-state index contributed by atoms with van der Waals surface area (Å²) in [7, 11) is 0. The van der Waals surface area contributed by atoms with Crippen LogP contribution in [0.4, 0.5) is 26.3 Å². The number of carbonyl (C=O) groups is 2. The van der Waals surface area contributed by atoms with Crippen LogP contribution in [0.2, 0.25) is 0 Å². The molecule has 0 radical (unpaired) electrons. The molecule has 1 unspecified atom stereocenters. The SMILES string of the molecule is Cc1cc(C2=NOC(c3cc(C(F)(F)F)cc(Br)n3)C2)ccc1C(=O)NCC(=O)NCC(F)(F)F. The van der Waals surface area contributed by atoms with Gasteiger partial charge < -0.3 is 15.5 Å². The van der Waals surface area contributed by atoms with Gasteiger partial charge in [0.05, 0.1) is 23.5 Å². The molecule has 1 aliphatic rings. The molecule has 1 atom stereocenters. The van der Waals surface area contributed by atoms with E-state index in [0.29, 0.717) is 16.8 Å². The molecule has 2 amide bonds. The Hall–Kier alpha value is -3.16. The predicted molar refractivity (Wildman–Crippen MR) is 114 cm³/mol. The van der Waals surface area contributed by atoms with Gasteiger partial charge in [-0.15, -0.1) is 0 Å². The summed E-state index contributed by atoms with van der Waals surface area (Å²) in [5, 5.41) is 7.82. The summed E-state index contributed by atoms with van der Waals surface area (Å²) >= 11 is 2.97. The van der Waals surface area contributed by atoms with Gasteiger partial charge in [0.1, 0.15) is 11.1 Å². The van der Waals surface area contributed by atoms with E-state index in [4.69, 9.17) is 4.84 Å². The van der Waals surface area contributed by atoms with Crippen molar-refractivity contribution in [1.82, 2.24) is 15.6 Å². The molecule has 14 heteroatoms. The van der Waals surface area contributed by atoms with Crippen LogP contribution in [0.15, 0.2) is 40.1 Å². The Bertz CT molecular complexity index is 1170. The van der Waals surface area contributed by atoms with Crippen LogP contribution in [0, 0.1) is 6.92 Å². The minimum Gasteiger partial charge on any atom is -0.385 e. The molecule has 0 saturated carbocycles. The lowest BCUT2D eigenvalue weighted by atomic mass is 9.98. The summed E-state index contributed by atoms with van der Waals surface area (Å²) in [5.41, 5.74) is 0.785. The third-order valence-electron chi connectivity index (χ3n) is 4.84. The molecule has 2 N–H and O–H groups in total. The fraction of sp³-hybridized carbons (Fsp3) is 0.333. The first-order valence-electron chi connectivity index (χ1n) is 9.93. The van der Waals surface area contributed by atoms with Crippen LogP contribution in [0.5, 0.6) is 0 Å². The van der Waals surface area contributed by atoms with Crippen molar-refractivity contribution >= 4 is 33.5 Å². The van der Waals surface area contributed by atoms with Crippen LogP contribution < -0.4 is 10.6 Å². The summed E-state index contributed by atoms with van der Waals surface area (Å²) in [6.45, 7) is -0.549. The van der Waals surface area contributed by atoms with Crippen LogP contribution in [-0.2, 0) is 15.8 Å². The van der Waals surface area contributed by atoms with Crippen molar-refractivity contribution in [3.63, 3.8) is 0 Å². The largest absolute Gasteiger partial charge is 0.416 e. The maximum atomic E-state index is 13.1. The van der Waals surface area contributed by atoms with Crippen LogP contribution in [0.1, 0.15) is 45.3 Å². The fourth-order valence-corrected chi connectivity index (χ4v) is 3.62. The van der Waals surface area contributed by atoms with Crippen molar-refractivity contribution in [2.24, 2.45) is 5.16 Å². The van der Waals surface area contributed by atoms with E-state index in [9.17, 15) is 35.9 Å². The van der Waals surface area contributed by atoms with Gasteiger partial charge >= 0.3 is 12.4 Å². The molecule has 0 spiro atoms. The third kappa shape index (κ3) is 7.16. The van der Waals surface area contributed by atoms with Crippen molar-refractivity contribution < 1.29 is 40.8 Å². The molecule has 7 nitrogen and oxygen atoms in total. The lowest BCUT2D eigenvalue weighted by molar-refractivity contribution is -0.137. The number of pyridine rings is 1. The maximum absolute atomic E-state index is 13.1. The highest BCUT2D eigenvalue weighted by Gasteiger charge is 2.34. The van der Waals surface area contributed by atoms with E-state index in [-0.39, 0.29) is 22.3 Å². The Morgan fingerprint density at radius 2 is 1.83 bits per heavy atom. The molecule has 0 saturated heterocycles. The number of nitrogens with zero attached hydrogens (tertiary/aromatic N) is 2. The van der Waals surface area contributed by atoms with E-state index in [0.717, 1.165) is 12.1 Å². The summed E-state index contributed by atoms with van der Waals surface area (Å²) < 4.78 is 75.7. The van der Waals surface area contributed by atoms with Crippen molar-refractivity contribution in [1.29, 1.82) is 0 Å². The first kappa shape index (κ1) is 26.4. The summed E-state index contributed by atoms with van der Waals surface area (Å²) in [6.07, 6.45) is -9.84.